The lowest BCUT2D eigenvalue weighted by Gasteiger charge is -2.28. The standard InChI is InChI=1S/C14H21ClN4S/c1-10-12-13(18(2)17-10)19(11(8-15)16-12)9-14(20-3)6-4-5-7-14/h4-9H2,1-3H3. The number of rotatable bonds is 4. The van der Waals surface area contributed by atoms with Crippen LogP contribution in [0.25, 0.3) is 11.2 Å². The van der Waals surface area contributed by atoms with E-state index < -0.39 is 0 Å². The number of aromatic nitrogens is 4. The van der Waals surface area contributed by atoms with Crippen LogP contribution >= 0.6 is 23.4 Å². The second-order valence-corrected chi connectivity index (χ2v) is 7.26. The molecule has 0 unspecified atom stereocenters. The van der Waals surface area contributed by atoms with Gasteiger partial charge in [0.1, 0.15) is 11.3 Å². The zero-order chi connectivity index (χ0) is 14.3. The van der Waals surface area contributed by atoms with E-state index in [9.17, 15) is 0 Å². The molecule has 0 N–H and O–H groups in total. The molecule has 1 aliphatic rings. The third-order valence-electron chi connectivity index (χ3n) is 4.48. The van der Waals surface area contributed by atoms with Crippen molar-refractivity contribution < 1.29 is 0 Å². The molecule has 110 valence electrons. The van der Waals surface area contributed by atoms with E-state index >= 15 is 0 Å². The molecule has 1 saturated carbocycles. The monoisotopic (exact) mass is 312 g/mol. The molecule has 3 rings (SSSR count). The van der Waals surface area contributed by atoms with Gasteiger partial charge in [-0.15, -0.1) is 11.6 Å². The van der Waals surface area contributed by atoms with Crippen LogP contribution in [0.4, 0.5) is 0 Å². The second kappa shape index (κ2) is 5.26. The van der Waals surface area contributed by atoms with E-state index in [-0.39, 0.29) is 0 Å². The predicted octanol–water partition coefficient (Wildman–Crippen LogP) is 3.49. The van der Waals surface area contributed by atoms with Crippen molar-refractivity contribution in [3.05, 3.63) is 11.5 Å². The Morgan fingerprint density at radius 1 is 1.35 bits per heavy atom. The minimum Gasteiger partial charge on any atom is -0.310 e. The highest BCUT2D eigenvalue weighted by atomic mass is 35.5. The Labute approximate surface area is 128 Å². The number of nitrogens with zero attached hydrogens (tertiary/aromatic N) is 4. The van der Waals surface area contributed by atoms with Gasteiger partial charge >= 0.3 is 0 Å². The Morgan fingerprint density at radius 2 is 2.05 bits per heavy atom. The zero-order valence-electron chi connectivity index (χ0n) is 12.3. The molecule has 1 fully saturated rings. The van der Waals surface area contributed by atoms with Crippen LogP contribution < -0.4 is 0 Å². The molecular weight excluding hydrogens is 292 g/mol. The Morgan fingerprint density at radius 3 is 2.65 bits per heavy atom. The Hall–Kier alpha value is -0.680. The normalized spacial score (nSPS) is 18.2. The van der Waals surface area contributed by atoms with Gasteiger partial charge in [0.05, 0.1) is 11.6 Å². The summed E-state index contributed by atoms with van der Waals surface area (Å²) in [5.74, 6) is 1.43. The number of halogens is 1. The molecule has 0 atom stereocenters. The fourth-order valence-corrected chi connectivity index (χ4v) is 4.54. The topological polar surface area (TPSA) is 35.6 Å². The van der Waals surface area contributed by atoms with E-state index in [1.165, 1.54) is 25.7 Å². The maximum Gasteiger partial charge on any atom is 0.158 e. The molecule has 6 heteroatoms. The van der Waals surface area contributed by atoms with Crippen molar-refractivity contribution in [1.29, 1.82) is 0 Å². The molecule has 20 heavy (non-hydrogen) atoms. The fraction of sp³-hybridized carbons (Fsp3) is 0.714. The van der Waals surface area contributed by atoms with E-state index in [0.717, 1.165) is 29.2 Å². The number of hydrogen-bond donors (Lipinski definition) is 0. The van der Waals surface area contributed by atoms with Gasteiger partial charge in [-0.2, -0.15) is 16.9 Å². The van der Waals surface area contributed by atoms with E-state index in [1.807, 2.05) is 30.4 Å². The number of alkyl halides is 1. The van der Waals surface area contributed by atoms with Gasteiger partial charge < -0.3 is 4.57 Å². The first-order valence-electron chi connectivity index (χ1n) is 7.10. The van der Waals surface area contributed by atoms with Crippen molar-refractivity contribution in [2.75, 3.05) is 6.26 Å². The van der Waals surface area contributed by atoms with Crippen LogP contribution in [-0.4, -0.2) is 30.3 Å². The maximum absolute atomic E-state index is 6.12. The lowest BCUT2D eigenvalue weighted by atomic mass is 10.1. The summed E-state index contributed by atoms with van der Waals surface area (Å²) in [5, 5.41) is 4.49. The van der Waals surface area contributed by atoms with Crippen molar-refractivity contribution >= 4 is 34.5 Å². The van der Waals surface area contributed by atoms with Crippen LogP contribution in [0.1, 0.15) is 37.2 Å². The average molecular weight is 313 g/mol. The summed E-state index contributed by atoms with van der Waals surface area (Å²) < 4.78 is 4.58. The highest BCUT2D eigenvalue weighted by molar-refractivity contribution is 8.00. The minimum absolute atomic E-state index is 0.340. The van der Waals surface area contributed by atoms with Crippen LogP contribution in [0, 0.1) is 6.92 Å². The molecule has 1 aliphatic carbocycles. The summed E-state index contributed by atoms with van der Waals surface area (Å²) in [5.41, 5.74) is 3.09. The van der Waals surface area contributed by atoms with E-state index in [2.05, 4.69) is 15.9 Å². The van der Waals surface area contributed by atoms with E-state index in [4.69, 9.17) is 16.6 Å². The fourth-order valence-electron chi connectivity index (χ4n) is 3.38. The maximum atomic E-state index is 6.12. The first-order chi connectivity index (χ1) is 9.60. The van der Waals surface area contributed by atoms with E-state index in [1.54, 1.807) is 0 Å². The molecule has 4 nitrogen and oxygen atoms in total. The van der Waals surface area contributed by atoms with Crippen LogP contribution in [0.15, 0.2) is 0 Å². The summed E-state index contributed by atoms with van der Waals surface area (Å²) >= 11 is 8.12. The average Bonchev–Trinajstić information content (AvgIpc) is 3.10. The van der Waals surface area contributed by atoms with Gasteiger partial charge in [-0.05, 0) is 26.0 Å². The van der Waals surface area contributed by atoms with Gasteiger partial charge in [0.25, 0.3) is 0 Å². The first kappa shape index (κ1) is 14.3. The quantitative estimate of drug-likeness (QED) is 0.811. The summed E-state index contributed by atoms with van der Waals surface area (Å²) in [7, 11) is 1.99. The molecule has 2 aromatic rings. The SMILES string of the molecule is CSC1(Cn2c(CCl)nc3c(C)nn(C)c32)CCCC1. The van der Waals surface area contributed by atoms with Gasteiger partial charge in [0, 0.05) is 18.3 Å². The lowest BCUT2D eigenvalue weighted by molar-refractivity contribution is 0.498. The second-order valence-electron chi connectivity index (χ2n) is 5.72. The minimum atomic E-state index is 0.340. The van der Waals surface area contributed by atoms with Crippen molar-refractivity contribution in [1.82, 2.24) is 19.3 Å². The molecule has 0 amide bonds. The van der Waals surface area contributed by atoms with Gasteiger partial charge in [-0.25, -0.2) is 4.98 Å². The van der Waals surface area contributed by atoms with E-state index in [0.29, 0.717) is 10.6 Å². The van der Waals surface area contributed by atoms with Gasteiger partial charge in [-0.1, -0.05) is 12.8 Å². The zero-order valence-corrected chi connectivity index (χ0v) is 13.9. The number of fused-ring (bicyclic) bond motifs is 1. The Balaban J connectivity index is 2.09. The highest BCUT2D eigenvalue weighted by Crippen LogP contribution is 2.42. The van der Waals surface area contributed by atoms with Gasteiger partial charge in [0.15, 0.2) is 5.65 Å². The summed E-state index contributed by atoms with van der Waals surface area (Å²) in [6.45, 7) is 3.00. The molecule has 0 radical (unpaired) electrons. The predicted molar refractivity (Wildman–Crippen MR) is 85.5 cm³/mol. The molecule has 0 bridgehead atoms. The number of aryl methyl sites for hydroxylation is 2. The third kappa shape index (κ3) is 2.15. The van der Waals surface area contributed by atoms with Crippen LogP contribution in [-0.2, 0) is 19.5 Å². The van der Waals surface area contributed by atoms with Crippen molar-refractivity contribution in [2.24, 2.45) is 7.05 Å². The van der Waals surface area contributed by atoms with Crippen LogP contribution in [0.2, 0.25) is 0 Å². The molecule has 2 aromatic heterocycles. The third-order valence-corrected chi connectivity index (χ3v) is 6.13. The van der Waals surface area contributed by atoms with Crippen molar-refractivity contribution in [3.8, 4) is 0 Å². The number of imidazole rings is 1. The van der Waals surface area contributed by atoms with Gasteiger partial charge in [-0.3, -0.25) is 4.68 Å². The largest absolute Gasteiger partial charge is 0.310 e. The highest BCUT2D eigenvalue weighted by Gasteiger charge is 2.35. The van der Waals surface area contributed by atoms with Crippen LogP contribution in [0.5, 0.6) is 0 Å². The Kier molecular flexibility index (Phi) is 3.75. The van der Waals surface area contributed by atoms with Crippen molar-refractivity contribution in [2.45, 2.75) is 49.8 Å². The molecule has 2 heterocycles. The Bertz CT molecular complexity index is 625. The first-order valence-corrected chi connectivity index (χ1v) is 8.86. The molecule has 0 saturated heterocycles. The smallest absolute Gasteiger partial charge is 0.158 e. The van der Waals surface area contributed by atoms with Crippen LogP contribution in [0.3, 0.4) is 0 Å². The number of hydrogen-bond acceptors (Lipinski definition) is 3. The summed E-state index contributed by atoms with van der Waals surface area (Å²) in [4.78, 5) is 4.70. The summed E-state index contributed by atoms with van der Waals surface area (Å²) in [6.07, 6.45) is 7.46. The van der Waals surface area contributed by atoms with Gasteiger partial charge in [0.2, 0.25) is 0 Å². The lowest BCUT2D eigenvalue weighted by Crippen LogP contribution is -2.28. The molecule has 0 aliphatic heterocycles. The number of thioether (sulfide) groups is 1. The molecule has 0 aromatic carbocycles. The van der Waals surface area contributed by atoms with Crippen molar-refractivity contribution in [3.63, 3.8) is 0 Å². The summed E-state index contributed by atoms with van der Waals surface area (Å²) in [6, 6.07) is 0. The molecular formula is C14H21ClN4S. The molecule has 0 spiro atoms.